The van der Waals surface area contributed by atoms with Crippen molar-refractivity contribution in [1.29, 1.82) is 0 Å². The molecule has 0 saturated heterocycles. The van der Waals surface area contributed by atoms with Crippen molar-refractivity contribution < 1.29 is 9.18 Å². The molecule has 0 radical (unpaired) electrons. The molecule has 90 valence electrons. The highest BCUT2D eigenvalue weighted by Crippen LogP contribution is 2.20. The fourth-order valence-corrected chi connectivity index (χ4v) is 1.37. The van der Waals surface area contributed by atoms with Crippen LogP contribution in [0.15, 0.2) is 22.7 Å². The summed E-state index contributed by atoms with van der Waals surface area (Å²) in [6.07, 6.45) is 0.564. The Labute approximate surface area is 108 Å². The molecule has 0 fully saturated rings. The molecule has 0 aliphatic rings. The van der Waals surface area contributed by atoms with Crippen molar-refractivity contribution in [3.05, 3.63) is 28.5 Å². The second-order valence-electron chi connectivity index (χ2n) is 3.13. The number of rotatable bonds is 3. The van der Waals surface area contributed by atoms with Crippen molar-refractivity contribution in [2.24, 2.45) is 5.73 Å². The van der Waals surface area contributed by atoms with Crippen LogP contribution in [0.5, 0.6) is 0 Å². The van der Waals surface area contributed by atoms with Gasteiger partial charge in [0.1, 0.15) is 5.82 Å². The van der Waals surface area contributed by atoms with Gasteiger partial charge in [0.15, 0.2) is 0 Å². The second kappa shape index (κ2) is 6.83. The van der Waals surface area contributed by atoms with E-state index in [0.717, 1.165) is 0 Å². The summed E-state index contributed by atoms with van der Waals surface area (Å²) in [4.78, 5) is 11.4. The van der Waals surface area contributed by atoms with Crippen LogP contribution in [0.4, 0.5) is 10.1 Å². The Hall–Kier alpha value is -0.650. The maximum Gasteiger partial charge on any atom is 0.241 e. The molecular weight excluding hydrogens is 298 g/mol. The quantitative estimate of drug-likeness (QED) is 0.902. The van der Waals surface area contributed by atoms with Crippen LogP contribution in [0.1, 0.15) is 13.3 Å². The Morgan fingerprint density at radius 3 is 2.75 bits per heavy atom. The molecule has 0 heterocycles. The summed E-state index contributed by atoms with van der Waals surface area (Å²) in [6.45, 7) is 1.82. The Balaban J connectivity index is 0.00000225. The molecule has 0 aromatic heterocycles. The fourth-order valence-electron chi connectivity index (χ4n) is 0.994. The van der Waals surface area contributed by atoms with Crippen LogP contribution in [0.2, 0.25) is 0 Å². The van der Waals surface area contributed by atoms with E-state index in [0.29, 0.717) is 16.6 Å². The van der Waals surface area contributed by atoms with Gasteiger partial charge >= 0.3 is 0 Å². The summed E-state index contributed by atoms with van der Waals surface area (Å²) in [6, 6.07) is 3.72. The van der Waals surface area contributed by atoms with E-state index in [1.54, 1.807) is 0 Å². The zero-order valence-corrected chi connectivity index (χ0v) is 11.1. The molecule has 1 aromatic rings. The van der Waals surface area contributed by atoms with Gasteiger partial charge in [-0.3, -0.25) is 4.79 Å². The molecule has 0 bridgehead atoms. The molecule has 1 aromatic carbocycles. The minimum atomic E-state index is -0.533. The molecule has 6 heteroatoms. The summed E-state index contributed by atoms with van der Waals surface area (Å²) in [5.41, 5.74) is 6.06. The number of nitrogens with two attached hydrogens (primary N) is 1. The van der Waals surface area contributed by atoms with Crippen LogP contribution >= 0.6 is 28.3 Å². The standard InChI is InChI=1S/C10H12BrFN2O.ClH/c1-2-9(13)10(15)14-6-3-4-8(12)7(11)5-6;/h3-5,9H,2,13H2,1H3,(H,14,15);1H/t9-;/m0./s1. The Morgan fingerprint density at radius 2 is 2.25 bits per heavy atom. The first-order valence-corrected chi connectivity index (χ1v) is 5.35. The summed E-state index contributed by atoms with van der Waals surface area (Å²) >= 11 is 3.03. The topological polar surface area (TPSA) is 55.1 Å². The van der Waals surface area contributed by atoms with E-state index in [4.69, 9.17) is 5.73 Å². The number of amides is 1. The van der Waals surface area contributed by atoms with Crippen molar-refractivity contribution in [3.63, 3.8) is 0 Å². The Kier molecular flexibility index (Phi) is 6.55. The molecule has 1 amide bonds. The predicted molar refractivity (Wildman–Crippen MR) is 68.2 cm³/mol. The number of hydrogen-bond acceptors (Lipinski definition) is 2. The molecule has 1 rings (SSSR count). The summed E-state index contributed by atoms with van der Waals surface area (Å²) in [5.74, 6) is -0.635. The first kappa shape index (κ1) is 15.3. The maximum atomic E-state index is 12.9. The molecule has 16 heavy (non-hydrogen) atoms. The molecule has 0 aliphatic heterocycles. The van der Waals surface area contributed by atoms with Crippen molar-refractivity contribution in [3.8, 4) is 0 Å². The number of anilines is 1. The number of benzene rings is 1. The van der Waals surface area contributed by atoms with Crippen LogP contribution in [-0.4, -0.2) is 11.9 Å². The monoisotopic (exact) mass is 310 g/mol. The number of carbonyl (C=O) groups is 1. The highest BCUT2D eigenvalue weighted by atomic mass is 79.9. The normalized spacial score (nSPS) is 11.5. The summed E-state index contributed by atoms with van der Waals surface area (Å²) in [5, 5.41) is 2.60. The van der Waals surface area contributed by atoms with Crippen LogP contribution in [0.25, 0.3) is 0 Å². The van der Waals surface area contributed by atoms with E-state index in [1.165, 1.54) is 18.2 Å². The molecule has 3 nitrogen and oxygen atoms in total. The van der Waals surface area contributed by atoms with E-state index in [9.17, 15) is 9.18 Å². The van der Waals surface area contributed by atoms with Gasteiger partial charge in [-0.25, -0.2) is 4.39 Å². The smallest absolute Gasteiger partial charge is 0.241 e. The van der Waals surface area contributed by atoms with Gasteiger partial charge < -0.3 is 11.1 Å². The molecule has 0 aliphatic carbocycles. The van der Waals surface area contributed by atoms with E-state index >= 15 is 0 Å². The molecule has 0 spiro atoms. The van der Waals surface area contributed by atoms with Crippen molar-refractivity contribution >= 4 is 39.9 Å². The summed E-state index contributed by atoms with van der Waals surface area (Å²) < 4.78 is 13.2. The molecular formula is C10H13BrClFN2O. The number of hydrogen-bond donors (Lipinski definition) is 2. The lowest BCUT2D eigenvalue weighted by atomic mass is 10.2. The van der Waals surface area contributed by atoms with Gasteiger partial charge in [-0.2, -0.15) is 0 Å². The zero-order chi connectivity index (χ0) is 11.4. The van der Waals surface area contributed by atoms with Crippen molar-refractivity contribution in [2.45, 2.75) is 19.4 Å². The molecule has 0 saturated carbocycles. The molecule has 0 unspecified atom stereocenters. The lowest BCUT2D eigenvalue weighted by Gasteiger charge is -2.10. The largest absolute Gasteiger partial charge is 0.325 e. The third kappa shape index (κ3) is 4.08. The molecule has 3 N–H and O–H groups in total. The third-order valence-corrected chi connectivity index (χ3v) is 2.57. The predicted octanol–water partition coefficient (Wildman–Crippen LogP) is 2.69. The highest BCUT2D eigenvalue weighted by molar-refractivity contribution is 9.10. The van der Waals surface area contributed by atoms with Gasteiger partial charge in [-0.15, -0.1) is 12.4 Å². The van der Waals surface area contributed by atoms with Gasteiger partial charge in [0.2, 0.25) is 5.91 Å². The minimum Gasteiger partial charge on any atom is -0.325 e. The fraction of sp³-hybridized carbons (Fsp3) is 0.300. The van der Waals surface area contributed by atoms with Gasteiger partial charge in [0.25, 0.3) is 0 Å². The first-order valence-electron chi connectivity index (χ1n) is 4.56. The highest BCUT2D eigenvalue weighted by Gasteiger charge is 2.11. The zero-order valence-electron chi connectivity index (χ0n) is 8.67. The lowest BCUT2D eigenvalue weighted by molar-refractivity contribution is -0.117. The number of halogens is 3. The van der Waals surface area contributed by atoms with E-state index in [-0.39, 0.29) is 24.1 Å². The Bertz CT molecular complexity index is 376. The van der Waals surface area contributed by atoms with Crippen LogP contribution < -0.4 is 11.1 Å². The average Bonchev–Trinajstić information content (AvgIpc) is 2.22. The van der Waals surface area contributed by atoms with Gasteiger partial charge in [-0.1, -0.05) is 6.92 Å². The third-order valence-electron chi connectivity index (χ3n) is 1.96. The second-order valence-corrected chi connectivity index (χ2v) is 3.99. The van der Waals surface area contributed by atoms with Crippen molar-refractivity contribution in [1.82, 2.24) is 0 Å². The molecule has 1 atom stereocenters. The van der Waals surface area contributed by atoms with Crippen LogP contribution in [0, 0.1) is 5.82 Å². The van der Waals surface area contributed by atoms with E-state index in [2.05, 4.69) is 21.2 Å². The number of carbonyl (C=O) groups excluding carboxylic acids is 1. The van der Waals surface area contributed by atoms with Gasteiger partial charge in [0.05, 0.1) is 10.5 Å². The first-order chi connectivity index (χ1) is 7.04. The van der Waals surface area contributed by atoms with E-state index in [1.807, 2.05) is 6.92 Å². The van der Waals surface area contributed by atoms with Gasteiger partial charge in [0, 0.05) is 5.69 Å². The van der Waals surface area contributed by atoms with Gasteiger partial charge in [-0.05, 0) is 40.5 Å². The van der Waals surface area contributed by atoms with Crippen LogP contribution in [-0.2, 0) is 4.79 Å². The Morgan fingerprint density at radius 1 is 1.62 bits per heavy atom. The summed E-state index contributed by atoms with van der Waals surface area (Å²) in [7, 11) is 0. The van der Waals surface area contributed by atoms with E-state index < -0.39 is 6.04 Å². The SMILES string of the molecule is CC[C@H](N)C(=O)Nc1ccc(F)c(Br)c1.Cl. The average molecular weight is 312 g/mol. The maximum absolute atomic E-state index is 12.9. The minimum absolute atomic E-state index is 0. The van der Waals surface area contributed by atoms with Crippen LogP contribution in [0.3, 0.4) is 0 Å². The lowest BCUT2D eigenvalue weighted by Crippen LogP contribution is -2.34. The number of nitrogens with one attached hydrogen (secondary N) is 1. The van der Waals surface area contributed by atoms with Crippen molar-refractivity contribution in [2.75, 3.05) is 5.32 Å².